The number of anilines is 1. The van der Waals surface area contributed by atoms with E-state index in [9.17, 15) is 5.11 Å². The first-order chi connectivity index (χ1) is 9.63. The third kappa shape index (κ3) is 2.60. The van der Waals surface area contributed by atoms with Crippen molar-refractivity contribution in [3.8, 4) is 5.75 Å². The summed E-state index contributed by atoms with van der Waals surface area (Å²) in [6.45, 7) is 2.49. The van der Waals surface area contributed by atoms with E-state index >= 15 is 0 Å². The Bertz CT molecular complexity index is 642. The number of nitrogens with zero attached hydrogens (tertiary/aromatic N) is 1. The molecule has 1 aliphatic rings. The molecule has 0 unspecified atom stereocenters. The zero-order valence-corrected chi connectivity index (χ0v) is 11.9. The van der Waals surface area contributed by atoms with E-state index < -0.39 is 0 Å². The number of hydrogen-bond donors (Lipinski definition) is 2. The van der Waals surface area contributed by atoms with Gasteiger partial charge in [0, 0.05) is 35.9 Å². The summed E-state index contributed by atoms with van der Waals surface area (Å²) in [6.07, 6.45) is 0.948. The molecule has 0 bridgehead atoms. The summed E-state index contributed by atoms with van der Waals surface area (Å²) in [5.74, 6) is 0.299. The predicted molar refractivity (Wildman–Crippen MR) is 81.8 cm³/mol. The second-order valence-corrected chi connectivity index (χ2v) is 5.66. The lowest BCUT2D eigenvalue weighted by Crippen LogP contribution is -2.30. The van der Waals surface area contributed by atoms with Gasteiger partial charge in [-0.2, -0.15) is 0 Å². The molecule has 0 amide bonds. The molecule has 0 aliphatic carbocycles. The molecule has 3 N–H and O–H groups in total. The van der Waals surface area contributed by atoms with Crippen molar-refractivity contribution < 1.29 is 5.11 Å². The summed E-state index contributed by atoms with van der Waals surface area (Å²) >= 11 is 5.99. The van der Waals surface area contributed by atoms with Gasteiger partial charge >= 0.3 is 0 Å². The molecule has 3 rings (SSSR count). The normalized spacial score (nSPS) is 15.1. The van der Waals surface area contributed by atoms with E-state index in [1.165, 1.54) is 11.1 Å². The van der Waals surface area contributed by atoms with Gasteiger partial charge in [0.2, 0.25) is 0 Å². The second kappa shape index (κ2) is 5.35. The van der Waals surface area contributed by atoms with Gasteiger partial charge in [-0.05, 0) is 41.8 Å². The minimum absolute atomic E-state index is 0.299. The highest BCUT2D eigenvalue weighted by molar-refractivity contribution is 6.30. The average molecular weight is 289 g/mol. The lowest BCUT2D eigenvalue weighted by molar-refractivity contribution is 0.242. The van der Waals surface area contributed by atoms with Gasteiger partial charge in [-0.25, -0.2) is 0 Å². The number of fused-ring (bicyclic) bond motifs is 1. The van der Waals surface area contributed by atoms with Crippen LogP contribution >= 0.6 is 11.6 Å². The minimum atomic E-state index is 0.299. The van der Waals surface area contributed by atoms with E-state index in [1.54, 1.807) is 12.1 Å². The molecule has 0 radical (unpaired) electrons. The number of phenols is 1. The van der Waals surface area contributed by atoms with Crippen LogP contribution in [0.2, 0.25) is 5.02 Å². The Morgan fingerprint density at radius 2 is 2.10 bits per heavy atom. The molecule has 0 atom stereocenters. The van der Waals surface area contributed by atoms with Crippen LogP contribution in [-0.2, 0) is 19.5 Å². The summed E-state index contributed by atoms with van der Waals surface area (Å²) < 4.78 is 0. The molecule has 20 heavy (non-hydrogen) atoms. The van der Waals surface area contributed by atoms with Gasteiger partial charge in [0.25, 0.3) is 0 Å². The molecule has 3 nitrogen and oxygen atoms in total. The molecular weight excluding hydrogens is 272 g/mol. The number of nitrogens with two attached hydrogens (primary N) is 1. The Morgan fingerprint density at radius 1 is 1.25 bits per heavy atom. The molecular formula is C16H17ClN2O. The third-order valence-corrected chi connectivity index (χ3v) is 4.05. The van der Waals surface area contributed by atoms with Crippen LogP contribution in [0.5, 0.6) is 5.75 Å². The van der Waals surface area contributed by atoms with E-state index in [-0.39, 0.29) is 0 Å². The molecule has 104 valence electrons. The number of benzene rings is 2. The van der Waals surface area contributed by atoms with Crippen LogP contribution in [0, 0.1) is 0 Å². The number of halogens is 1. The van der Waals surface area contributed by atoms with Gasteiger partial charge in [0.05, 0.1) is 0 Å². The molecule has 2 aromatic rings. The van der Waals surface area contributed by atoms with Crippen molar-refractivity contribution in [2.45, 2.75) is 19.5 Å². The van der Waals surface area contributed by atoms with Crippen molar-refractivity contribution in [3.63, 3.8) is 0 Å². The van der Waals surface area contributed by atoms with Crippen LogP contribution < -0.4 is 5.73 Å². The van der Waals surface area contributed by atoms with E-state index in [4.69, 9.17) is 17.3 Å². The van der Waals surface area contributed by atoms with Gasteiger partial charge in [-0.3, -0.25) is 4.90 Å². The van der Waals surface area contributed by atoms with Crippen LogP contribution in [0.3, 0.4) is 0 Å². The molecule has 2 aromatic carbocycles. The van der Waals surface area contributed by atoms with Crippen molar-refractivity contribution in [1.29, 1.82) is 0 Å². The molecule has 1 heterocycles. The van der Waals surface area contributed by atoms with Gasteiger partial charge in [0.1, 0.15) is 5.75 Å². The van der Waals surface area contributed by atoms with Gasteiger partial charge in [0.15, 0.2) is 0 Å². The summed E-state index contributed by atoms with van der Waals surface area (Å²) in [6, 6.07) is 11.2. The number of phenolic OH excluding ortho intramolecular Hbond substituents is 1. The fraction of sp³-hybridized carbons (Fsp3) is 0.250. The second-order valence-electron chi connectivity index (χ2n) is 5.22. The maximum atomic E-state index is 9.90. The van der Waals surface area contributed by atoms with E-state index in [0.717, 1.165) is 30.8 Å². The first-order valence-electron chi connectivity index (χ1n) is 6.69. The first kappa shape index (κ1) is 13.3. The maximum absolute atomic E-state index is 9.90. The number of aromatic hydroxyl groups is 1. The fourth-order valence-electron chi connectivity index (χ4n) is 2.75. The molecule has 0 spiro atoms. The van der Waals surface area contributed by atoms with Crippen molar-refractivity contribution in [3.05, 3.63) is 58.1 Å². The zero-order chi connectivity index (χ0) is 14.1. The Kier molecular flexibility index (Phi) is 3.55. The molecule has 1 aliphatic heterocycles. The Labute approximate surface area is 123 Å². The summed E-state index contributed by atoms with van der Waals surface area (Å²) in [7, 11) is 0. The quantitative estimate of drug-likeness (QED) is 0.835. The Hall–Kier alpha value is -1.71. The highest BCUT2D eigenvalue weighted by Crippen LogP contribution is 2.28. The largest absolute Gasteiger partial charge is 0.508 e. The lowest BCUT2D eigenvalue weighted by Gasteiger charge is -2.29. The highest BCUT2D eigenvalue weighted by Gasteiger charge is 2.18. The monoisotopic (exact) mass is 288 g/mol. The topological polar surface area (TPSA) is 49.5 Å². The van der Waals surface area contributed by atoms with Crippen molar-refractivity contribution >= 4 is 17.3 Å². The van der Waals surface area contributed by atoms with E-state index in [2.05, 4.69) is 11.0 Å². The van der Waals surface area contributed by atoms with Gasteiger partial charge in [-0.1, -0.05) is 23.7 Å². The molecule has 0 fully saturated rings. The minimum Gasteiger partial charge on any atom is -0.508 e. The number of hydrogen-bond acceptors (Lipinski definition) is 3. The van der Waals surface area contributed by atoms with Crippen LogP contribution in [0.1, 0.15) is 16.7 Å². The third-order valence-electron chi connectivity index (χ3n) is 3.82. The lowest BCUT2D eigenvalue weighted by atomic mass is 9.97. The van der Waals surface area contributed by atoms with Crippen molar-refractivity contribution in [1.82, 2.24) is 4.90 Å². The Balaban J connectivity index is 1.79. The van der Waals surface area contributed by atoms with E-state index in [1.807, 2.05) is 18.2 Å². The van der Waals surface area contributed by atoms with Gasteiger partial charge < -0.3 is 10.8 Å². The number of nitrogen functional groups attached to an aromatic ring is 1. The number of rotatable bonds is 2. The van der Waals surface area contributed by atoms with Crippen molar-refractivity contribution in [2.75, 3.05) is 12.3 Å². The smallest absolute Gasteiger partial charge is 0.120 e. The summed E-state index contributed by atoms with van der Waals surface area (Å²) in [5.41, 5.74) is 10.3. The highest BCUT2D eigenvalue weighted by atomic mass is 35.5. The van der Waals surface area contributed by atoms with Crippen molar-refractivity contribution in [2.24, 2.45) is 0 Å². The molecule has 0 saturated heterocycles. The summed E-state index contributed by atoms with van der Waals surface area (Å²) in [4.78, 5) is 2.30. The Morgan fingerprint density at radius 3 is 2.95 bits per heavy atom. The van der Waals surface area contributed by atoms with E-state index in [0.29, 0.717) is 17.3 Å². The first-order valence-corrected chi connectivity index (χ1v) is 7.07. The zero-order valence-electron chi connectivity index (χ0n) is 11.1. The molecule has 0 aromatic heterocycles. The van der Waals surface area contributed by atoms with Crippen LogP contribution in [-0.4, -0.2) is 16.6 Å². The average Bonchev–Trinajstić information content (AvgIpc) is 2.43. The van der Waals surface area contributed by atoms with Crippen LogP contribution in [0.15, 0.2) is 36.4 Å². The fourth-order valence-corrected chi connectivity index (χ4v) is 2.95. The van der Waals surface area contributed by atoms with Crippen LogP contribution in [0.25, 0.3) is 0 Å². The summed E-state index contributed by atoms with van der Waals surface area (Å²) in [5, 5.41) is 10.6. The SMILES string of the molecule is Nc1cccc2c1CCN(Cc1cc(Cl)ccc1O)C2. The predicted octanol–water partition coefficient (Wildman–Crippen LogP) is 3.19. The maximum Gasteiger partial charge on any atom is 0.120 e. The molecule has 0 saturated carbocycles. The standard InChI is InChI=1S/C16H17ClN2O/c17-13-4-5-16(20)12(8-13)10-19-7-6-14-11(9-19)2-1-3-15(14)18/h1-5,8,20H,6-7,9-10,18H2. The van der Waals surface area contributed by atoms with Gasteiger partial charge in [-0.15, -0.1) is 0 Å². The molecule has 4 heteroatoms. The van der Waals surface area contributed by atoms with Crippen LogP contribution in [0.4, 0.5) is 5.69 Å².